The van der Waals surface area contributed by atoms with E-state index in [1.807, 2.05) is 0 Å². The van der Waals surface area contributed by atoms with Crippen LogP contribution in [-0.4, -0.2) is 32.3 Å². The van der Waals surface area contributed by atoms with Crippen LogP contribution in [0.2, 0.25) is 78.6 Å². The molecule has 0 aromatic heterocycles. The Morgan fingerprint density at radius 2 is 0.769 bits per heavy atom. The summed E-state index contributed by atoms with van der Waals surface area (Å²) >= 11 is 0. The molecule has 142 valence electrons. The molecule has 0 saturated heterocycles. The maximum Gasteiger partial charge on any atom is 0.129 e. The van der Waals surface area contributed by atoms with Crippen LogP contribution in [0.1, 0.15) is 11.1 Å². The van der Waals surface area contributed by atoms with Gasteiger partial charge in [-0.15, -0.1) is 11.1 Å². The molecule has 4 heteroatoms. The van der Waals surface area contributed by atoms with Crippen LogP contribution in [0.3, 0.4) is 0 Å². The van der Waals surface area contributed by atoms with Gasteiger partial charge < -0.3 is 0 Å². The Bertz CT molecular complexity index is 715. The summed E-state index contributed by atoms with van der Waals surface area (Å²) in [6.45, 7) is 28.6. The SMILES string of the molecule is C[Si](C)(C)C#Cc1cc([Si](C)(C)C)c([Si](C)(C)C)cc1C#C[Si](C)(C)C. The predicted molar refractivity (Wildman–Crippen MR) is 133 cm³/mol. The highest BCUT2D eigenvalue weighted by atomic mass is 28.3. The lowest BCUT2D eigenvalue weighted by atomic mass is 10.1. The molecule has 0 bridgehead atoms. The van der Waals surface area contributed by atoms with Gasteiger partial charge in [-0.2, -0.15) is 0 Å². The number of benzene rings is 1. The first-order chi connectivity index (χ1) is 11.4. The van der Waals surface area contributed by atoms with Crippen LogP contribution in [0, 0.1) is 22.9 Å². The van der Waals surface area contributed by atoms with E-state index in [0.717, 1.165) is 11.1 Å². The van der Waals surface area contributed by atoms with Crippen molar-refractivity contribution < 1.29 is 0 Å². The van der Waals surface area contributed by atoms with Crippen molar-refractivity contribution in [3.05, 3.63) is 23.3 Å². The van der Waals surface area contributed by atoms with E-state index in [9.17, 15) is 0 Å². The lowest BCUT2D eigenvalue weighted by molar-refractivity contribution is 1.59. The average molecular weight is 415 g/mol. The Balaban J connectivity index is 3.84. The van der Waals surface area contributed by atoms with Crippen molar-refractivity contribution in [2.45, 2.75) is 78.6 Å². The highest BCUT2D eigenvalue weighted by molar-refractivity contribution is 6.98. The summed E-state index contributed by atoms with van der Waals surface area (Å²) in [6.07, 6.45) is 0. The second-order valence-corrected chi connectivity index (χ2v) is 31.0. The first kappa shape index (κ1) is 23.2. The number of hydrogen-bond donors (Lipinski definition) is 0. The van der Waals surface area contributed by atoms with Gasteiger partial charge in [0.1, 0.15) is 16.1 Å². The summed E-state index contributed by atoms with van der Waals surface area (Å²) in [6, 6.07) is 4.84. The van der Waals surface area contributed by atoms with Gasteiger partial charge in [-0.25, -0.2) is 0 Å². The Morgan fingerprint density at radius 3 is 0.962 bits per heavy atom. The van der Waals surface area contributed by atoms with E-state index >= 15 is 0 Å². The molecule has 1 rings (SSSR count). The van der Waals surface area contributed by atoms with Gasteiger partial charge in [-0.05, 0) is 12.1 Å². The molecule has 0 aliphatic rings. The van der Waals surface area contributed by atoms with Crippen molar-refractivity contribution in [1.82, 2.24) is 0 Å². The number of rotatable bonds is 2. The zero-order valence-corrected chi connectivity index (χ0v) is 23.2. The van der Waals surface area contributed by atoms with E-state index in [1.165, 1.54) is 0 Å². The maximum absolute atomic E-state index is 3.57. The second kappa shape index (κ2) is 7.68. The molecule has 0 aliphatic heterocycles. The summed E-state index contributed by atoms with van der Waals surface area (Å²) in [4.78, 5) is 0. The molecule has 0 amide bonds. The molecule has 0 unspecified atom stereocenters. The molecule has 0 radical (unpaired) electrons. The van der Waals surface area contributed by atoms with Crippen molar-refractivity contribution in [2.24, 2.45) is 0 Å². The van der Waals surface area contributed by atoms with Gasteiger partial charge in [0.25, 0.3) is 0 Å². The maximum atomic E-state index is 3.57. The summed E-state index contributed by atoms with van der Waals surface area (Å²) < 4.78 is 0. The van der Waals surface area contributed by atoms with E-state index in [0.29, 0.717) is 0 Å². The molecule has 0 atom stereocenters. The molecule has 1 aromatic carbocycles. The standard InChI is InChI=1S/C22H38Si4/c1-23(2,3)15-13-19-17-21(25(7,8)9)22(26(10,11)12)18-20(19)14-16-24(4,5)6/h17-18H,1-12H3. The van der Waals surface area contributed by atoms with E-state index < -0.39 is 32.3 Å². The van der Waals surface area contributed by atoms with Crippen LogP contribution < -0.4 is 10.4 Å². The lowest BCUT2D eigenvalue weighted by Gasteiger charge is -2.29. The van der Waals surface area contributed by atoms with Crippen LogP contribution in [0.5, 0.6) is 0 Å². The Kier molecular flexibility index (Phi) is 6.87. The van der Waals surface area contributed by atoms with Crippen LogP contribution in [0.15, 0.2) is 12.1 Å². The normalized spacial score (nSPS) is 12.8. The minimum absolute atomic E-state index is 1.16. The quantitative estimate of drug-likeness (QED) is 0.459. The number of hydrogen-bond acceptors (Lipinski definition) is 0. The zero-order chi connectivity index (χ0) is 20.6. The summed E-state index contributed by atoms with van der Waals surface area (Å²) in [5.41, 5.74) is 9.47. The van der Waals surface area contributed by atoms with Gasteiger partial charge in [-0.1, -0.05) is 101 Å². The Hall–Kier alpha value is -0.792. The van der Waals surface area contributed by atoms with E-state index in [1.54, 1.807) is 10.4 Å². The topological polar surface area (TPSA) is 0 Å². The van der Waals surface area contributed by atoms with Crippen LogP contribution in [0.25, 0.3) is 0 Å². The fourth-order valence-electron chi connectivity index (χ4n) is 2.56. The van der Waals surface area contributed by atoms with Gasteiger partial charge in [0.05, 0.1) is 16.1 Å². The van der Waals surface area contributed by atoms with E-state index in [-0.39, 0.29) is 0 Å². The van der Waals surface area contributed by atoms with Crippen molar-refractivity contribution in [3.8, 4) is 22.9 Å². The average Bonchev–Trinajstić information content (AvgIpc) is 2.38. The first-order valence-corrected chi connectivity index (χ1v) is 23.7. The smallest absolute Gasteiger partial charge is 0.127 e. The third-order valence-electron chi connectivity index (χ3n) is 3.92. The molecule has 0 heterocycles. The van der Waals surface area contributed by atoms with Crippen molar-refractivity contribution in [2.75, 3.05) is 0 Å². The van der Waals surface area contributed by atoms with Crippen molar-refractivity contribution in [3.63, 3.8) is 0 Å². The fourth-order valence-corrected chi connectivity index (χ4v) is 8.74. The van der Waals surface area contributed by atoms with Crippen molar-refractivity contribution in [1.29, 1.82) is 0 Å². The van der Waals surface area contributed by atoms with E-state index in [4.69, 9.17) is 0 Å². The second-order valence-electron chi connectivity index (χ2n) is 11.4. The molecule has 0 fully saturated rings. The molecule has 26 heavy (non-hydrogen) atoms. The van der Waals surface area contributed by atoms with Gasteiger partial charge in [0, 0.05) is 11.1 Å². The third kappa shape index (κ3) is 7.45. The van der Waals surface area contributed by atoms with Gasteiger partial charge in [-0.3, -0.25) is 0 Å². The van der Waals surface area contributed by atoms with Gasteiger partial charge >= 0.3 is 0 Å². The van der Waals surface area contributed by atoms with Crippen LogP contribution in [0.4, 0.5) is 0 Å². The third-order valence-corrected chi connectivity index (χ3v) is 9.98. The molecule has 0 N–H and O–H groups in total. The molecule has 0 saturated carbocycles. The summed E-state index contributed by atoms with van der Waals surface area (Å²) in [5.74, 6) is 7.09. The summed E-state index contributed by atoms with van der Waals surface area (Å²) in [5, 5.41) is 3.19. The molecule has 0 spiro atoms. The molecular formula is C22H38Si4. The first-order valence-electron chi connectivity index (χ1n) is 9.65. The van der Waals surface area contributed by atoms with Gasteiger partial charge in [0.2, 0.25) is 0 Å². The van der Waals surface area contributed by atoms with Crippen molar-refractivity contribution >= 4 is 42.7 Å². The molecule has 1 aromatic rings. The largest absolute Gasteiger partial charge is 0.129 e. The van der Waals surface area contributed by atoms with Gasteiger partial charge in [0.15, 0.2) is 0 Å². The minimum Gasteiger partial charge on any atom is -0.127 e. The molecule has 0 aliphatic carbocycles. The highest BCUT2D eigenvalue weighted by Gasteiger charge is 2.28. The lowest BCUT2D eigenvalue weighted by Crippen LogP contribution is -2.56. The van der Waals surface area contributed by atoms with Crippen LogP contribution >= 0.6 is 0 Å². The van der Waals surface area contributed by atoms with E-state index in [2.05, 4.69) is 114 Å². The Morgan fingerprint density at radius 1 is 0.500 bits per heavy atom. The predicted octanol–water partition coefficient (Wildman–Crippen LogP) is 5.23. The highest BCUT2D eigenvalue weighted by Crippen LogP contribution is 2.14. The minimum atomic E-state index is -1.44. The monoisotopic (exact) mass is 414 g/mol. The molecular weight excluding hydrogens is 377 g/mol. The Labute approximate surface area is 167 Å². The van der Waals surface area contributed by atoms with Crippen LogP contribution in [-0.2, 0) is 0 Å². The summed E-state index contributed by atoms with van der Waals surface area (Å²) in [7, 11) is -5.71. The zero-order valence-electron chi connectivity index (χ0n) is 19.2. The fraction of sp³-hybridized carbons (Fsp3) is 0.545. The molecule has 0 nitrogen and oxygen atoms in total.